The van der Waals surface area contributed by atoms with Gasteiger partial charge in [-0.1, -0.05) is 115 Å². The normalized spacial score (nSPS) is 11.8. The Balaban J connectivity index is 1.21. The number of fused-ring (bicyclic) bond motifs is 8. The lowest BCUT2D eigenvalue weighted by Gasteiger charge is -2.12. The van der Waals surface area contributed by atoms with E-state index in [0.29, 0.717) is 17.5 Å². The lowest BCUT2D eigenvalue weighted by atomic mass is 9.96. The number of thiophene rings is 1. The van der Waals surface area contributed by atoms with Gasteiger partial charge >= 0.3 is 0 Å². The average molecular weight is 682 g/mol. The van der Waals surface area contributed by atoms with Gasteiger partial charge in [0.25, 0.3) is 0 Å². The SMILES string of the molecule is c1ccc(-c2nc(-c3ccc4ccccc4c3)nc(-c3cc(-c4ccc5sc6ccccc6c5c4)cc4oc5cc6ccccc6cc5c34)n2)cc1. The molecule has 11 rings (SSSR count). The molecule has 0 fully saturated rings. The number of rotatable bonds is 4. The van der Waals surface area contributed by atoms with Gasteiger partial charge in [-0.2, -0.15) is 0 Å². The highest BCUT2D eigenvalue weighted by atomic mass is 32.1. The maximum atomic E-state index is 6.74. The van der Waals surface area contributed by atoms with E-state index in [4.69, 9.17) is 19.4 Å². The van der Waals surface area contributed by atoms with Crippen LogP contribution in [0.1, 0.15) is 0 Å². The van der Waals surface area contributed by atoms with Crippen molar-refractivity contribution in [2.45, 2.75) is 0 Å². The number of benzene rings is 8. The van der Waals surface area contributed by atoms with Gasteiger partial charge in [0.05, 0.1) is 0 Å². The largest absolute Gasteiger partial charge is 0.456 e. The maximum Gasteiger partial charge on any atom is 0.164 e. The fourth-order valence-corrected chi connectivity index (χ4v) is 8.60. The minimum Gasteiger partial charge on any atom is -0.456 e. The van der Waals surface area contributed by atoms with Crippen LogP contribution in [0.5, 0.6) is 0 Å². The minimum atomic E-state index is 0.599. The fourth-order valence-electron chi connectivity index (χ4n) is 7.51. The van der Waals surface area contributed by atoms with Crippen LogP contribution in [-0.2, 0) is 0 Å². The van der Waals surface area contributed by atoms with Crippen LogP contribution in [0, 0.1) is 0 Å². The van der Waals surface area contributed by atoms with E-state index in [-0.39, 0.29) is 0 Å². The molecule has 0 radical (unpaired) electrons. The van der Waals surface area contributed by atoms with Crippen LogP contribution in [0.2, 0.25) is 0 Å². The van der Waals surface area contributed by atoms with Gasteiger partial charge < -0.3 is 4.42 Å². The smallest absolute Gasteiger partial charge is 0.164 e. The topological polar surface area (TPSA) is 51.8 Å². The van der Waals surface area contributed by atoms with Gasteiger partial charge in [0.15, 0.2) is 17.5 Å². The van der Waals surface area contributed by atoms with Crippen molar-refractivity contribution in [3.05, 3.63) is 164 Å². The monoisotopic (exact) mass is 681 g/mol. The number of hydrogen-bond acceptors (Lipinski definition) is 5. The Morgan fingerprint density at radius 2 is 1.02 bits per heavy atom. The Bertz CT molecular complexity index is 3200. The lowest BCUT2D eigenvalue weighted by Crippen LogP contribution is -2.00. The molecule has 4 nitrogen and oxygen atoms in total. The molecular formula is C47H27N3OS. The molecule has 3 heterocycles. The molecule has 0 amide bonds. The number of nitrogens with zero attached hydrogens (tertiary/aromatic N) is 3. The van der Waals surface area contributed by atoms with Gasteiger partial charge in [-0.3, -0.25) is 0 Å². The molecule has 242 valence electrons. The molecule has 52 heavy (non-hydrogen) atoms. The first-order valence-corrected chi connectivity index (χ1v) is 18.2. The Morgan fingerprint density at radius 1 is 0.365 bits per heavy atom. The van der Waals surface area contributed by atoms with E-state index in [1.165, 1.54) is 25.6 Å². The molecule has 0 atom stereocenters. The molecule has 0 aliphatic carbocycles. The third-order valence-corrected chi connectivity index (χ3v) is 11.2. The summed E-state index contributed by atoms with van der Waals surface area (Å²) in [5.74, 6) is 1.84. The van der Waals surface area contributed by atoms with E-state index in [2.05, 4.69) is 146 Å². The molecule has 0 saturated carbocycles. The van der Waals surface area contributed by atoms with Gasteiger partial charge in [0.2, 0.25) is 0 Å². The standard InChI is InChI=1S/C47H27N3OS/c1-2-11-29(12-3-1)45-48-46(34-19-18-28-10-4-5-13-30(28)22-34)50-47(49-45)39-25-35(33-20-21-43-37(23-33)36-16-8-9-17-42(36)52-43)27-41-44(39)38-24-31-14-6-7-15-32(31)26-40(38)51-41/h1-27H. The van der Waals surface area contributed by atoms with Gasteiger partial charge in [0.1, 0.15) is 11.2 Å². The molecule has 8 aromatic carbocycles. The first-order chi connectivity index (χ1) is 25.7. The zero-order valence-electron chi connectivity index (χ0n) is 27.7. The van der Waals surface area contributed by atoms with Crippen molar-refractivity contribution in [2.24, 2.45) is 0 Å². The summed E-state index contributed by atoms with van der Waals surface area (Å²) >= 11 is 1.83. The van der Waals surface area contributed by atoms with E-state index in [1.54, 1.807) is 0 Å². The molecule has 0 aliphatic heterocycles. The number of aromatic nitrogens is 3. The summed E-state index contributed by atoms with van der Waals surface area (Å²) in [6.07, 6.45) is 0. The van der Waals surface area contributed by atoms with E-state index in [0.717, 1.165) is 65.9 Å². The number of hydrogen-bond donors (Lipinski definition) is 0. The lowest BCUT2D eigenvalue weighted by molar-refractivity contribution is 0.669. The predicted molar refractivity (Wildman–Crippen MR) is 217 cm³/mol. The number of furan rings is 1. The fraction of sp³-hybridized carbons (Fsp3) is 0. The third-order valence-electron chi connectivity index (χ3n) is 10.1. The summed E-state index contributed by atoms with van der Waals surface area (Å²) in [6.45, 7) is 0. The summed E-state index contributed by atoms with van der Waals surface area (Å²) in [7, 11) is 0. The molecule has 0 aliphatic rings. The van der Waals surface area contributed by atoms with Crippen LogP contribution < -0.4 is 0 Å². The van der Waals surface area contributed by atoms with Crippen LogP contribution in [0.25, 0.3) is 109 Å². The van der Waals surface area contributed by atoms with Gasteiger partial charge in [-0.05, 0) is 81.2 Å². The van der Waals surface area contributed by atoms with E-state index < -0.39 is 0 Å². The van der Waals surface area contributed by atoms with Gasteiger partial charge in [0, 0.05) is 47.6 Å². The third kappa shape index (κ3) is 4.71. The Labute approximate surface area is 302 Å². The molecule has 0 unspecified atom stereocenters. The molecule has 11 aromatic rings. The van der Waals surface area contributed by atoms with Crippen LogP contribution >= 0.6 is 11.3 Å². The quantitative estimate of drug-likeness (QED) is 0.185. The van der Waals surface area contributed by atoms with Crippen LogP contribution in [0.15, 0.2) is 168 Å². The highest BCUT2D eigenvalue weighted by Gasteiger charge is 2.21. The van der Waals surface area contributed by atoms with Crippen molar-refractivity contribution >= 4 is 75.0 Å². The molecule has 0 spiro atoms. The average Bonchev–Trinajstić information content (AvgIpc) is 3.77. The summed E-state index contributed by atoms with van der Waals surface area (Å²) in [5.41, 5.74) is 6.54. The molecule has 5 heteroatoms. The Hall–Kier alpha value is -6.69. The minimum absolute atomic E-state index is 0.599. The van der Waals surface area contributed by atoms with E-state index in [9.17, 15) is 0 Å². The van der Waals surface area contributed by atoms with Crippen LogP contribution in [0.3, 0.4) is 0 Å². The van der Waals surface area contributed by atoms with Gasteiger partial charge in [-0.15, -0.1) is 11.3 Å². The molecule has 0 N–H and O–H groups in total. The Morgan fingerprint density at radius 3 is 1.87 bits per heavy atom. The van der Waals surface area contributed by atoms with Crippen molar-refractivity contribution in [3.63, 3.8) is 0 Å². The zero-order chi connectivity index (χ0) is 34.2. The highest BCUT2D eigenvalue weighted by molar-refractivity contribution is 7.25. The van der Waals surface area contributed by atoms with Crippen LogP contribution in [-0.4, -0.2) is 15.0 Å². The summed E-state index contributed by atoms with van der Waals surface area (Å²) in [4.78, 5) is 15.5. The molecular weight excluding hydrogens is 655 g/mol. The maximum absolute atomic E-state index is 6.74. The van der Waals surface area contributed by atoms with Crippen molar-refractivity contribution in [3.8, 4) is 45.3 Å². The summed E-state index contributed by atoms with van der Waals surface area (Å²) < 4.78 is 9.29. The zero-order valence-corrected chi connectivity index (χ0v) is 28.6. The van der Waals surface area contributed by atoms with Crippen molar-refractivity contribution < 1.29 is 4.42 Å². The van der Waals surface area contributed by atoms with E-state index >= 15 is 0 Å². The van der Waals surface area contributed by atoms with Crippen molar-refractivity contribution in [2.75, 3.05) is 0 Å². The van der Waals surface area contributed by atoms with Crippen LogP contribution in [0.4, 0.5) is 0 Å². The first kappa shape index (κ1) is 29.1. The second-order valence-corrected chi connectivity index (χ2v) is 14.3. The van der Waals surface area contributed by atoms with E-state index in [1.807, 2.05) is 29.5 Å². The highest BCUT2D eigenvalue weighted by Crippen LogP contribution is 2.43. The van der Waals surface area contributed by atoms with Crippen molar-refractivity contribution in [1.29, 1.82) is 0 Å². The second kappa shape index (κ2) is 11.4. The second-order valence-electron chi connectivity index (χ2n) is 13.2. The molecule has 0 saturated heterocycles. The molecule has 3 aromatic heterocycles. The first-order valence-electron chi connectivity index (χ1n) is 17.3. The summed E-state index contributed by atoms with van der Waals surface area (Å²) in [5, 5.41) is 9.13. The predicted octanol–water partition coefficient (Wildman–Crippen LogP) is 13.1. The molecule has 0 bridgehead atoms. The summed E-state index contributed by atoms with van der Waals surface area (Å²) in [6, 6.07) is 57.5. The van der Waals surface area contributed by atoms with Crippen molar-refractivity contribution in [1.82, 2.24) is 15.0 Å². The Kier molecular flexibility index (Phi) is 6.39. The van der Waals surface area contributed by atoms with Gasteiger partial charge in [-0.25, -0.2) is 15.0 Å².